The van der Waals surface area contributed by atoms with E-state index in [-0.39, 0.29) is 24.9 Å². The van der Waals surface area contributed by atoms with Crippen LogP contribution in [-0.2, 0) is 32.6 Å². The summed E-state index contributed by atoms with van der Waals surface area (Å²) >= 11 is 18.8. The molecule has 0 aliphatic heterocycles. The minimum absolute atomic E-state index is 0.0113. The Morgan fingerprint density at radius 1 is 0.884 bits per heavy atom. The molecule has 1 aliphatic rings. The first-order valence-corrected chi connectivity index (χ1v) is 17.2. The molecule has 3 aromatic carbocycles. The average molecular weight is 665 g/mol. The third-order valence-electron chi connectivity index (χ3n) is 7.75. The van der Waals surface area contributed by atoms with Crippen molar-refractivity contribution in [1.82, 2.24) is 10.2 Å². The number of hydrogen-bond acceptors (Lipinski definition) is 4. The average Bonchev–Trinajstić information content (AvgIpc) is 2.97. The van der Waals surface area contributed by atoms with Gasteiger partial charge in [0.25, 0.3) is 0 Å². The van der Waals surface area contributed by atoms with Crippen LogP contribution in [0.2, 0.25) is 15.1 Å². The van der Waals surface area contributed by atoms with Gasteiger partial charge < -0.3 is 10.2 Å². The molecule has 1 saturated carbocycles. The van der Waals surface area contributed by atoms with Crippen LogP contribution in [-0.4, -0.2) is 50.0 Å². The van der Waals surface area contributed by atoms with Gasteiger partial charge >= 0.3 is 0 Å². The van der Waals surface area contributed by atoms with Gasteiger partial charge in [0.15, 0.2) is 0 Å². The van der Waals surface area contributed by atoms with Crippen LogP contribution in [0.25, 0.3) is 0 Å². The van der Waals surface area contributed by atoms with Crippen molar-refractivity contribution < 1.29 is 18.0 Å². The monoisotopic (exact) mass is 663 g/mol. The van der Waals surface area contributed by atoms with Gasteiger partial charge in [0, 0.05) is 24.0 Å². The lowest BCUT2D eigenvalue weighted by Gasteiger charge is -2.35. The van der Waals surface area contributed by atoms with Crippen molar-refractivity contribution >= 4 is 62.3 Å². The molecule has 0 saturated heterocycles. The molecule has 0 heterocycles. The van der Waals surface area contributed by atoms with E-state index >= 15 is 0 Å². The minimum atomic E-state index is -3.91. The summed E-state index contributed by atoms with van der Waals surface area (Å²) in [5.74, 6) is -0.829. The largest absolute Gasteiger partial charge is 0.352 e. The van der Waals surface area contributed by atoms with Crippen LogP contribution >= 0.6 is 34.8 Å². The lowest BCUT2D eigenvalue weighted by molar-refractivity contribution is -0.140. The van der Waals surface area contributed by atoms with Crippen LogP contribution in [0.15, 0.2) is 66.7 Å². The Bertz CT molecular complexity index is 1550. The summed E-state index contributed by atoms with van der Waals surface area (Å²) in [4.78, 5) is 29.8. The van der Waals surface area contributed by atoms with Crippen LogP contribution < -0.4 is 9.62 Å². The maximum Gasteiger partial charge on any atom is 0.244 e. The molecule has 1 fully saturated rings. The van der Waals surface area contributed by atoms with E-state index < -0.39 is 28.5 Å². The summed E-state index contributed by atoms with van der Waals surface area (Å²) in [7, 11) is -3.91. The number of carbonyl (C=O) groups excluding carboxylic acids is 2. The number of nitrogens with one attached hydrogen (secondary N) is 1. The van der Waals surface area contributed by atoms with Crippen LogP contribution in [0, 0.1) is 6.92 Å². The number of anilines is 1. The van der Waals surface area contributed by atoms with E-state index in [9.17, 15) is 18.0 Å². The molecule has 0 unspecified atom stereocenters. The standard InChI is InChI=1S/C32H36Cl3N3O4S/c1-22-26(33)14-9-15-29(22)38(43(2,41)42)21-31(39)37(20-24-16-17-27(34)28(35)18-24)30(19-23-10-5-3-6-11-23)32(40)36-25-12-7-4-8-13-25/h3,5-6,9-11,14-18,25,30H,4,7-8,12-13,19-21H2,1-2H3,(H,36,40)/t30-/m0/s1. The van der Waals surface area contributed by atoms with Crippen molar-refractivity contribution in [3.63, 3.8) is 0 Å². The summed E-state index contributed by atoms with van der Waals surface area (Å²) in [6.07, 6.45) is 6.22. The van der Waals surface area contributed by atoms with Gasteiger partial charge in [-0.2, -0.15) is 0 Å². The zero-order chi connectivity index (χ0) is 31.1. The summed E-state index contributed by atoms with van der Waals surface area (Å²) in [6.45, 7) is 1.18. The molecule has 0 spiro atoms. The molecule has 7 nitrogen and oxygen atoms in total. The summed E-state index contributed by atoms with van der Waals surface area (Å²) < 4.78 is 27.1. The van der Waals surface area contributed by atoms with Gasteiger partial charge in [0.2, 0.25) is 21.8 Å². The van der Waals surface area contributed by atoms with Crippen molar-refractivity contribution in [3.8, 4) is 0 Å². The maximum absolute atomic E-state index is 14.3. The summed E-state index contributed by atoms with van der Waals surface area (Å²) in [6, 6.07) is 18.5. The van der Waals surface area contributed by atoms with Crippen LogP contribution in [0.3, 0.4) is 0 Å². The number of rotatable bonds is 11. The first-order valence-electron chi connectivity index (χ1n) is 14.2. The highest BCUT2D eigenvalue weighted by Gasteiger charge is 2.34. The Morgan fingerprint density at radius 2 is 1.58 bits per heavy atom. The van der Waals surface area contributed by atoms with Gasteiger partial charge in [-0.3, -0.25) is 13.9 Å². The lowest BCUT2D eigenvalue weighted by Crippen LogP contribution is -2.55. The second kappa shape index (κ2) is 14.8. The quantitative estimate of drug-likeness (QED) is 0.244. The molecule has 0 aromatic heterocycles. The molecular weight excluding hydrogens is 629 g/mol. The fourth-order valence-corrected chi connectivity index (χ4v) is 6.78. The van der Waals surface area contributed by atoms with E-state index in [1.807, 2.05) is 30.3 Å². The molecule has 1 N–H and O–H groups in total. The number of carbonyl (C=O) groups is 2. The molecule has 4 rings (SSSR count). The van der Waals surface area contributed by atoms with Gasteiger partial charge in [-0.15, -0.1) is 0 Å². The Labute approximate surface area is 269 Å². The number of benzene rings is 3. The predicted octanol–water partition coefficient (Wildman–Crippen LogP) is 6.81. The van der Waals surface area contributed by atoms with Gasteiger partial charge in [-0.05, 0) is 60.7 Å². The van der Waals surface area contributed by atoms with E-state index in [4.69, 9.17) is 34.8 Å². The fraction of sp³-hybridized carbons (Fsp3) is 0.375. The summed E-state index contributed by atoms with van der Waals surface area (Å²) in [5, 5.41) is 4.23. The lowest BCUT2D eigenvalue weighted by atomic mass is 9.94. The topological polar surface area (TPSA) is 86.8 Å². The highest BCUT2D eigenvalue weighted by molar-refractivity contribution is 7.92. The van der Waals surface area contributed by atoms with Crippen molar-refractivity contribution in [2.24, 2.45) is 0 Å². The van der Waals surface area contributed by atoms with Crippen molar-refractivity contribution in [3.05, 3.63) is 98.5 Å². The van der Waals surface area contributed by atoms with E-state index in [0.29, 0.717) is 31.9 Å². The molecule has 230 valence electrons. The Morgan fingerprint density at radius 3 is 2.23 bits per heavy atom. The molecule has 11 heteroatoms. The van der Waals surface area contributed by atoms with Crippen LogP contribution in [0.4, 0.5) is 5.69 Å². The van der Waals surface area contributed by atoms with Gasteiger partial charge in [0.05, 0.1) is 22.0 Å². The predicted molar refractivity (Wildman–Crippen MR) is 174 cm³/mol. The second-order valence-electron chi connectivity index (χ2n) is 11.0. The van der Waals surface area contributed by atoms with E-state index in [1.165, 1.54) is 4.90 Å². The molecular formula is C32H36Cl3N3O4S. The molecule has 43 heavy (non-hydrogen) atoms. The molecule has 3 aromatic rings. The normalized spacial score (nSPS) is 14.6. The third kappa shape index (κ3) is 8.88. The number of amides is 2. The highest BCUT2D eigenvalue weighted by Crippen LogP contribution is 2.29. The highest BCUT2D eigenvalue weighted by atomic mass is 35.5. The molecule has 1 atom stereocenters. The molecule has 2 amide bonds. The van der Waals surface area contributed by atoms with E-state index in [2.05, 4.69) is 5.32 Å². The zero-order valence-corrected chi connectivity index (χ0v) is 27.3. The first-order chi connectivity index (χ1) is 20.4. The second-order valence-corrected chi connectivity index (χ2v) is 14.1. The van der Waals surface area contributed by atoms with E-state index in [1.54, 1.807) is 43.3 Å². The number of halogens is 3. The number of nitrogens with zero attached hydrogens (tertiary/aromatic N) is 2. The van der Waals surface area contributed by atoms with Gasteiger partial charge in [-0.25, -0.2) is 8.42 Å². The Kier molecular flexibility index (Phi) is 11.4. The van der Waals surface area contributed by atoms with Gasteiger partial charge in [0.1, 0.15) is 12.6 Å². The van der Waals surface area contributed by atoms with Crippen LogP contribution in [0.1, 0.15) is 48.8 Å². The fourth-order valence-electron chi connectivity index (χ4n) is 5.39. The minimum Gasteiger partial charge on any atom is -0.352 e. The summed E-state index contributed by atoms with van der Waals surface area (Å²) in [5.41, 5.74) is 2.33. The zero-order valence-electron chi connectivity index (χ0n) is 24.2. The molecule has 0 radical (unpaired) electrons. The number of hydrogen-bond donors (Lipinski definition) is 1. The Hall–Kier alpha value is -2.78. The number of sulfonamides is 1. The van der Waals surface area contributed by atoms with Crippen molar-refractivity contribution in [1.29, 1.82) is 0 Å². The smallest absolute Gasteiger partial charge is 0.244 e. The van der Waals surface area contributed by atoms with E-state index in [0.717, 1.165) is 48.2 Å². The third-order valence-corrected chi connectivity index (χ3v) is 10.0. The molecule has 0 bridgehead atoms. The maximum atomic E-state index is 14.3. The SMILES string of the molecule is Cc1c(Cl)cccc1N(CC(=O)N(Cc1ccc(Cl)c(Cl)c1)[C@@H](Cc1ccccc1)C(=O)NC1CCCCC1)S(C)(=O)=O. The van der Waals surface area contributed by atoms with Gasteiger partial charge in [-0.1, -0.05) is 96.5 Å². The van der Waals surface area contributed by atoms with Crippen molar-refractivity contribution in [2.75, 3.05) is 17.1 Å². The van der Waals surface area contributed by atoms with Crippen molar-refractivity contribution in [2.45, 2.75) is 64.1 Å². The molecule has 1 aliphatic carbocycles. The first kappa shape index (κ1) is 33.1. The Balaban J connectivity index is 1.76. The van der Waals surface area contributed by atoms with Crippen LogP contribution in [0.5, 0.6) is 0 Å².